The maximum atomic E-state index is 5.21. The smallest absolute Gasteiger partial charge is 0.229 e. The SMILES string of the molecule is COc1ncc2c(I)c(C(C)C(C)S)[nH]c2c1Br. The van der Waals surface area contributed by atoms with Crippen molar-refractivity contribution in [3.05, 3.63) is 19.9 Å². The molecule has 2 heterocycles. The zero-order valence-electron chi connectivity index (χ0n) is 10.3. The molecule has 1 N–H and O–H groups in total. The lowest BCUT2D eigenvalue weighted by atomic mass is 10.1. The number of methoxy groups -OCH3 is 1. The van der Waals surface area contributed by atoms with Crippen molar-refractivity contribution in [1.29, 1.82) is 0 Å². The van der Waals surface area contributed by atoms with Gasteiger partial charge in [-0.15, -0.1) is 0 Å². The summed E-state index contributed by atoms with van der Waals surface area (Å²) in [5.74, 6) is 0.948. The second kappa shape index (κ2) is 5.58. The molecular formula is C12H14BrIN2OS. The Balaban J connectivity index is 2.66. The number of fused-ring (bicyclic) bond motifs is 1. The Morgan fingerprint density at radius 3 is 2.72 bits per heavy atom. The number of nitrogens with one attached hydrogen (secondary N) is 1. The van der Waals surface area contributed by atoms with Gasteiger partial charge in [-0.1, -0.05) is 13.8 Å². The maximum absolute atomic E-state index is 5.21. The normalized spacial score (nSPS) is 14.8. The molecule has 3 nitrogen and oxygen atoms in total. The summed E-state index contributed by atoms with van der Waals surface area (Å²) in [6.45, 7) is 4.27. The Morgan fingerprint density at radius 1 is 1.50 bits per heavy atom. The molecule has 2 atom stereocenters. The number of thiol groups is 1. The van der Waals surface area contributed by atoms with Crippen molar-refractivity contribution in [2.45, 2.75) is 25.0 Å². The van der Waals surface area contributed by atoms with Gasteiger partial charge in [0.2, 0.25) is 5.88 Å². The lowest BCUT2D eigenvalue weighted by molar-refractivity contribution is 0.396. The van der Waals surface area contributed by atoms with Gasteiger partial charge in [-0.3, -0.25) is 0 Å². The Labute approximate surface area is 134 Å². The zero-order chi connectivity index (χ0) is 13.4. The van der Waals surface area contributed by atoms with Crippen LogP contribution in [0.1, 0.15) is 25.5 Å². The van der Waals surface area contributed by atoms with E-state index >= 15 is 0 Å². The molecule has 0 aliphatic rings. The fourth-order valence-electron chi connectivity index (χ4n) is 1.79. The summed E-state index contributed by atoms with van der Waals surface area (Å²) in [5, 5.41) is 1.40. The molecule has 0 aromatic carbocycles. The quantitative estimate of drug-likeness (QED) is 0.549. The largest absolute Gasteiger partial charge is 0.480 e. The van der Waals surface area contributed by atoms with Crippen molar-refractivity contribution in [3.63, 3.8) is 0 Å². The van der Waals surface area contributed by atoms with Crippen LogP contribution in [0.4, 0.5) is 0 Å². The molecule has 0 spiro atoms. The highest BCUT2D eigenvalue weighted by atomic mass is 127. The van der Waals surface area contributed by atoms with Crippen molar-refractivity contribution in [1.82, 2.24) is 9.97 Å². The lowest BCUT2D eigenvalue weighted by Crippen LogP contribution is -2.06. The molecule has 2 aromatic rings. The Morgan fingerprint density at radius 2 is 2.17 bits per heavy atom. The van der Waals surface area contributed by atoms with Crippen LogP contribution in [0, 0.1) is 3.57 Å². The molecule has 0 saturated heterocycles. The predicted molar refractivity (Wildman–Crippen MR) is 89.9 cm³/mol. The average molecular weight is 441 g/mol. The molecule has 2 rings (SSSR count). The first kappa shape index (κ1) is 14.5. The first-order valence-corrected chi connectivity index (χ1v) is 7.93. The highest BCUT2D eigenvalue weighted by Gasteiger charge is 2.20. The number of hydrogen-bond donors (Lipinski definition) is 2. The van der Waals surface area contributed by atoms with Gasteiger partial charge in [0.1, 0.15) is 4.47 Å². The minimum absolute atomic E-state index is 0.292. The Bertz CT molecular complexity index is 585. The van der Waals surface area contributed by atoms with Crippen LogP contribution in [0.3, 0.4) is 0 Å². The van der Waals surface area contributed by atoms with Crippen molar-refractivity contribution >= 4 is 62.1 Å². The van der Waals surface area contributed by atoms with E-state index in [9.17, 15) is 0 Å². The molecule has 0 saturated carbocycles. The molecule has 98 valence electrons. The summed E-state index contributed by atoms with van der Waals surface area (Å²) < 4.78 is 7.28. The van der Waals surface area contributed by atoms with Crippen LogP contribution >= 0.6 is 51.1 Å². The van der Waals surface area contributed by atoms with Crippen molar-refractivity contribution < 1.29 is 4.74 Å². The number of halogens is 2. The molecule has 0 fully saturated rings. The van der Waals surface area contributed by atoms with Crippen LogP contribution in [0.25, 0.3) is 10.9 Å². The minimum Gasteiger partial charge on any atom is -0.480 e. The third-order valence-electron chi connectivity index (χ3n) is 3.09. The predicted octanol–water partition coefficient (Wildman–Crippen LogP) is 4.36. The summed E-state index contributed by atoms with van der Waals surface area (Å²) in [7, 11) is 1.62. The monoisotopic (exact) mass is 440 g/mol. The summed E-state index contributed by atoms with van der Waals surface area (Å²) in [5.41, 5.74) is 2.23. The third kappa shape index (κ3) is 2.38. The minimum atomic E-state index is 0.292. The van der Waals surface area contributed by atoms with E-state index in [1.165, 1.54) is 9.26 Å². The first-order valence-electron chi connectivity index (χ1n) is 5.55. The van der Waals surface area contributed by atoms with Gasteiger partial charge in [-0.05, 0) is 38.5 Å². The maximum Gasteiger partial charge on any atom is 0.229 e. The number of pyridine rings is 1. The topological polar surface area (TPSA) is 37.9 Å². The molecule has 0 bridgehead atoms. The van der Waals surface area contributed by atoms with Crippen LogP contribution in [0.2, 0.25) is 0 Å². The van der Waals surface area contributed by atoms with Crippen LogP contribution in [0.5, 0.6) is 5.88 Å². The van der Waals surface area contributed by atoms with E-state index in [1.54, 1.807) is 7.11 Å². The Hall–Kier alpha value is 0.0500. The molecular weight excluding hydrogens is 427 g/mol. The van der Waals surface area contributed by atoms with E-state index in [0.29, 0.717) is 17.0 Å². The number of ether oxygens (including phenoxy) is 1. The third-order valence-corrected chi connectivity index (χ3v) is 5.44. The van der Waals surface area contributed by atoms with E-state index in [1.807, 2.05) is 6.20 Å². The lowest BCUT2D eigenvalue weighted by Gasteiger charge is -2.13. The standard InChI is InChI=1S/C12H14BrIN2OS/c1-5(6(2)18)10-9(14)7-4-15-12(17-3)8(13)11(7)16-10/h4-6,16,18H,1-3H3. The molecule has 0 radical (unpaired) electrons. The van der Waals surface area contributed by atoms with Gasteiger partial charge in [0.05, 0.1) is 12.6 Å². The van der Waals surface area contributed by atoms with E-state index in [0.717, 1.165) is 15.4 Å². The number of hydrogen-bond acceptors (Lipinski definition) is 3. The van der Waals surface area contributed by atoms with Crippen LogP contribution in [-0.2, 0) is 0 Å². The number of rotatable bonds is 3. The van der Waals surface area contributed by atoms with Crippen LogP contribution in [-0.4, -0.2) is 22.3 Å². The fraction of sp³-hybridized carbons (Fsp3) is 0.417. The Kier molecular flexibility index (Phi) is 4.48. The van der Waals surface area contributed by atoms with Crippen LogP contribution in [0.15, 0.2) is 10.7 Å². The molecule has 0 aliphatic carbocycles. The molecule has 0 amide bonds. The number of nitrogens with zero attached hydrogens (tertiary/aromatic N) is 1. The second-order valence-corrected chi connectivity index (χ2v) is 6.94. The van der Waals surface area contributed by atoms with E-state index in [-0.39, 0.29) is 0 Å². The summed E-state index contributed by atoms with van der Waals surface area (Å²) in [6, 6.07) is 0. The summed E-state index contributed by atoms with van der Waals surface area (Å²) in [6.07, 6.45) is 1.84. The zero-order valence-corrected chi connectivity index (χ0v) is 14.9. The van der Waals surface area contributed by atoms with Crippen LogP contribution < -0.4 is 4.74 Å². The van der Waals surface area contributed by atoms with E-state index < -0.39 is 0 Å². The van der Waals surface area contributed by atoms with E-state index in [2.05, 4.69) is 75.0 Å². The van der Waals surface area contributed by atoms with Gasteiger partial charge < -0.3 is 9.72 Å². The molecule has 18 heavy (non-hydrogen) atoms. The van der Waals surface area contributed by atoms with Gasteiger partial charge in [-0.2, -0.15) is 12.6 Å². The van der Waals surface area contributed by atoms with Crippen molar-refractivity contribution in [3.8, 4) is 5.88 Å². The summed E-state index contributed by atoms with van der Waals surface area (Å²) >= 11 is 10.4. The number of aromatic amines is 1. The van der Waals surface area contributed by atoms with Gasteiger partial charge >= 0.3 is 0 Å². The highest BCUT2D eigenvalue weighted by Crippen LogP contribution is 2.37. The molecule has 0 aliphatic heterocycles. The fourth-order valence-corrected chi connectivity index (χ4v) is 3.55. The number of H-pyrrole nitrogens is 1. The second-order valence-electron chi connectivity index (χ2n) is 4.25. The van der Waals surface area contributed by atoms with Gasteiger partial charge in [0.15, 0.2) is 0 Å². The number of aromatic nitrogens is 2. The van der Waals surface area contributed by atoms with Crippen molar-refractivity contribution in [2.75, 3.05) is 7.11 Å². The van der Waals surface area contributed by atoms with Gasteiger partial charge in [0.25, 0.3) is 0 Å². The molecule has 2 unspecified atom stereocenters. The molecule has 2 aromatic heterocycles. The van der Waals surface area contributed by atoms with Crippen molar-refractivity contribution in [2.24, 2.45) is 0 Å². The average Bonchev–Trinajstić information content (AvgIpc) is 2.67. The first-order chi connectivity index (χ1) is 8.47. The van der Waals surface area contributed by atoms with Gasteiger partial charge in [-0.25, -0.2) is 4.98 Å². The highest BCUT2D eigenvalue weighted by molar-refractivity contribution is 14.1. The van der Waals surface area contributed by atoms with E-state index in [4.69, 9.17) is 4.74 Å². The molecule has 6 heteroatoms. The van der Waals surface area contributed by atoms with Gasteiger partial charge in [0, 0.05) is 32.0 Å². The summed E-state index contributed by atoms with van der Waals surface area (Å²) in [4.78, 5) is 7.75.